The quantitative estimate of drug-likeness (QED) is 0.207. The first-order valence-corrected chi connectivity index (χ1v) is 12.3. The monoisotopic (exact) mass is 378 g/mol. The zero-order valence-corrected chi connectivity index (χ0v) is 17.8. The zero-order valence-electron chi connectivity index (χ0n) is 17.8. The Labute approximate surface area is 168 Å². The van der Waals surface area contributed by atoms with Crippen molar-refractivity contribution < 1.29 is 10.2 Å². The van der Waals surface area contributed by atoms with Gasteiger partial charge in [-0.15, -0.1) is 0 Å². The molecule has 0 aromatic heterocycles. The number of hydrogen-bond donors (Lipinski definition) is 2. The maximum Gasteiger partial charge on any atom is 0.0431 e. The summed E-state index contributed by atoms with van der Waals surface area (Å²) in [6.07, 6.45) is 27.7. The predicted octanol–water partition coefficient (Wildman–Crippen LogP) is 6.65. The molecule has 0 saturated heterocycles. The van der Waals surface area contributed by atoms with Crippen LogP contribution in [0.1, 0.15) is 109 Å². The van der Waals surface area contributed by atoms with Crippen molar-refractivity contribution in [3.8, 4) is 0 Å². The van der Waals surface area contributed by atoms with E-state index >= 15 is 0 Å². The molecule has 2 N–H and O–H groups in total. The highest BCUT2D eigenvalue weighted by Crippen LogP contribution is 2.51. The van der Waals surface area contributed by atoms with E-state index in [-0.39, 0.29) is 0 Å². The fraction of sp³-hybridized carbons (Fsp3) is 0.920. The highest BCUT2D eigenvalue weighted by molar-refractivity contribution is 5.13. The van der Waals surface area contributed by atoms with E-state index in [9.17, 15) is 0 Å². The van der Waals surface area contributed by atoms with Gasteiger partial charge in [0.2, 0.25) is 0 Å². The molecule has 1 saturated carbocycles. The Kier molecular flexibility index (Phi) is 12.4. The molecule has 2 aliphatic carbocycles. The van der Waals surface area contributed by atoms with Crippen LogP contribution in [0.25, 0.3) is 0 Å². The van der Waals surface area contributed by atoms with E-state index in [4.69, 9.17) is 10.2 Å². The molecule has 0 aromatic rings. The van der Waals surface area contributed by atoms with Gasteiger partial charge in [0.1, 0.15) is 0 Å². The molecule has 2 rings (SSSR count). The second-order valence-corrected chi connectivity index (χ2v) is 9.25. The molecule has 2 nitrogen and oxygen atoms in total. The Hall–Kier alpha value is -0.340. The maximum absolute atomic E-state index is 8.83. The van der Waals surface area contributed by atoms with Crippen LogP contribution >= 0.6 is 0 Å². The van der Waals surface area contributed by atoms with Crippen molar-refractivity contribution in [2.75, 3.05) is 13.2 Å². The van der Waals surface area contributed by atoms with Gasteiger partial charge in [0.05, 0.1) is 0 Å². The number of fused-ring (bicyclic) bond motifs is 2. The summed E-state index contributed by atoms with van der Waals surface area (Å²) in [6.45, 7) is 0.728. The van der Waals surface area contributed by atoms with Crippen molar-refractivity contribution in [3.63, 3.8) is 0 Å². The number of aliphatic hydroxyl groups excluding tert-OH is 2. The van der Waals surface area contributed by atoms with Gasteiger partial charge in [-0.1, -0.05) is 89.2 Å². The number of allylic oxidation sites excluding steroid dienone is 2. The van der Waals surface area contributed by atoms with Gasteiger partial charge in [-0.05, 0) is 55.8 Å². The molecule has 0 aliphatic heterocycles. The third-order valence-corrected chi connectivity index (χ3v) is 7.19. The molecule has 2 heteroatoms. The molecule has 2 bridgehead atoms. The minimum absolute atomic E-state index is 0.364. The van der Waals surface area contributed by atoms with Gasteiger partial charge < -0.3 is 10.2 Å². The molecule has 27 heavy (non-hydrogen) atoms. The summed E-state index contributed by atoms with van der Waals surface area (Å²) >= 11 is 0. The average Bonchev–Trinajstić information content (AvgIpc) is 3.28. The average molecular weight is 379 g/mol. The second-order valence-electron chi connectivity index (χ2n) is 9.25. The molecule has 0 aromatic carbocycles. The normalized spacial score (nSPS) is 26.3. The summed E-state index contributed by atoms with van der Waals surface area (Å²) in [6, 6.07) is 0. The van der Waals surface area contributed by atoms with Crippen LogP contribution in [0.5, 0.6) is 0 Å². The predicted molar refractivity (Wildman–Crippen MR) is 116 cm³/mol. The van der Waals surface area contributed by atoms with E-state index in [1.54, 1.807) is 0 Å². The maximum atomic E-state index is 8.83. The van der Waals surface area contributed by atoms with Crippen molar-refractivity contribution in [1.82, 2.24) is 0 Å². The molecule has 0 amide bonds. The van der Waals surface area contributed by atoms with E-state index in [0.29, 0.717) is 13.2 Å². The number of rotatable bonds is 18. The van der Waals surface area contributed by atoms with Crippen molar-refractivity contribution in [1.29, 1.82) is 0 Å². The standard InChI is InChI=1S/C25H46O2/c26-19-13-9-5-1-3-7-11-15-24-22-17-18-23(21-22)25(24)16-12-8-4-2-6-10-14-20-27/h17-18,22-27H,1-16,19-21H2. The highest BCUT2D eigenvalue weighted by atomic mass is 16.3. The Balaban J connectivity index is 1.52. The van der Waals surface area contributed by atoms with Crippen LogP contribution in [0.2, 0.25) is 0 Å². The molecular formula is C25H46O2. The van der Waals surface area contributed by atoms with E-state index in [1.165, 1.54) is 96.3 Å². The minimum Gasteiger partial charge on any atom is -0.396 e. The first kappa shape index (κ1) is 22.9. The van der Waals surface area contributed by atoms with Crippen molar-refractivity contribution in [2.45, 2.75) is 109 Å². The topological polar surface area (TPSA) is 40.5 Å². The third-order valence-electron chi connectivity index (χ3n) is 7.19. The van der Waals surface area contributed by atoms with E-state index in [1.807, 2.05) is 0 Å². The Morgan fingerprint density at radius 1 is 0.481 bits per heavy atom. The van der Waals surface area contributed by atoms with Crippen molar-refractivity contribution in [3.05, 3.63) is 12.2 Å². The molecule has 4 unspecified atom stereocenters. The lowest BCUT2D eigenvalue weighted by atomic mass is 9.77. The first-order valence-electron chi connectivity index (χ1n) is 12.3. The van der Waals surface area contributed by atoms with E-state index in [0.717, 1.165) is 36.5 Å². The number of unbranched alkanes of at least 4 members (excludes halogenated alkanes) is 12. The second kappa shape index (κ2) is 14.6. The summed E-state index contributed by atoms with van der Waals surface area (Å²) in [5, 5.41) is 17.7. The lowest BCUT2D eigenvalue weighted by Crippen LogP contribution is -2.19. The minimum atomic E-state index is 0.364. The van der Waals surface area contributed by atoms with Gasteiger partial charge in [-0.25, -0.2) is 0 Å². The van der Waals surface area contributed by atoms with Crippen molar-refractivity contribution in [2.24, 2.45) is 23.7 Å². The Bertz CT molecular complexity index is 345. The third kappa shape index (κ3) is 8.69. The SMILES string of the molecule is OCCCCCCCCCC1C2C=CC(C2)C1CCCCCCCCCO. The first-order chi connectivity index (χ1) is 13.4. The molecule has 0 spiro atoms. The summed E-state index contributed by atoms with van der Waals surface area (Å²) < 4.78 is 0. The van der Waals surface area contributed by atoms with Crippen LogP contribution < -0.4 is 0 Å². The molecule has 4 atom stereocenters. The van der Waals surface area contributed by atoms with Gasteiger partial charge in [0, 0.05) is 13.2 Å². The van der Waals surface area contributed by atoms with Gasteiger partial charge in [0.15, 0.2) is 0 Å². The van der Waals surface area contributed by atoms with Gasteiger partial charge in [0.25, 0.3) is 0 Å². The fourth-order valence-corrected chi connectivity index (χ4v) is 5.63. The van der Waals surface area contributed by atoms with Gasteiger partial charge >= 0.3 is 0 Å². The van der Waals surface area contributed by atoms with Crippen molar-refractivity contribution >= 4 is 0 Å². The largest absolute Gasteiger partial charge is 0.396 e. The Morgan fingerprint density at radius 2 is 0.815 bits per heavy atom. The molecule has 2 aliphatic rings. The molecule has 0 heterocycles. The highest BCUT2D eigenvalue weighted by Gasteiger charge is 2.42. The van der Waals surface area contributed by atoms with E-state index < -0.39 is 0 Å². The summed E-state index contributed by atoms with van der Waals surface area (Å²) in [5.74, 6) is 3.78. The van der Waals surface area contributed by atoms with Crippen LogP contribution in [0, 0.1) is 23.7 Å². The fourth-order valence-electron chi connectivity index (χ4n) is 5.63. The summed E-state index contributed by atoms with van der Waals surface area (Å²) in [5.41, 5.74) is 0. The molecular weight excluding hydrogens is 332 g/mol. The lowest BCUT2D eigenvalue weighted by Gasteiger charge is -2.28. The zero-order chi connectivity index (χ0) is 19.2. The molecule has 1 fully saturated rings. The molecule has 0 radical (unpaired) electrons. The van der Waals surface area contributed by atoms with Gasteiger partial charge in [-0.3, -0.25) is 0 Å². The number of hydrogen-bond acceptors (Lipinski definition) is 2. The van der Waals surface area contributed by atoms with Crippen LogP contribution in [0.15, 0.2) is 12.2 Å². The van der Waals surface area contributed by atoms with Crippen LogP contribution in [0.3, 0.4) is 0 Å². The van der Waals surface area contributed by atoms with Crippen LogP contribution in [-0.2, 0) is 0 Å². The number of aliphatic hydroxyl groups is 2. The summed E-state index contributed by atoms with van der Waals surface area (Å²) in [7, 11) is 0. The summed E-state index contributed by atoms with van der Waals surface area (Å²) in [4.78, 5) is 0. The van der Waals surface area contributed by atoms with Gasteiger partial charge in [-0.2, -0.15) is 0 Å². The Morgan fingerprint density at radius 3 is 1.19 bits per heavy atom. The smallest absolute Gasteiger partial charge is 0.0431 e. The molecule has 158 valence electrons. The lowest BCUT2D eigenvalue weighted by molar-refractivity contribution is 0.259. The van der Waals surface area contributed by atoms with E-state index in [2.05, 4.69) is 12.2 Å². The van der Waals surface area contributed by atoms with Crippen LogP contribution in [0.4, 0.5) is 0 Å². The van der Waals surface area contributed by atoms with Crippen LogP contribution in [-0.4, -0.2) is 23.4 Å².